The summed E-state index contributed by atoms with van der Waals surface area (Å²) in [5, 5.41) is 7.94. The number of halogens is 2. The number of carbonyl (C=O) groups is 1. The highest BCUT2D eigenvalue weighted by Crippen LogP contribution is 2.28. The van der Waals surface area contributed by atoms with Crippen molar-refractivity contribution in [3.63, 3.8) is 0 Å². The first-order chi connectivity index (χ1) is 18.2. The van der Waals surface area contributed by atoms with Gasteiger partial charge in [-0.05, 0) is 77.3 Å². The molecule has 0 radical (unpaired) electrons. The number of nitrogens with one attached hydrogen (secondary N) is 1. The lowest BCUT2D eigenvalue weighted by Crippen LogP contribution is -2.28. The third kappa shape index (κ3) is 4.74. The number of fused-ring (bicyclic) bond motifs is 1. The monoisotopic (exact) mass is 595 g/mol. The van der Waals surface area contributed by atoms with E-state index in [1.54, 1.807) is 59.5 Å². The zero-order valence-corrected chi connectivity index (χ0v) is 22.9. The van der Waals surface area contributed by atoms with Gasteiger partial charge in [-0.1, -0.05) is 24.6 Å². The maximum absolute atomic E-state index is 13.4. The van der Waals surface area contributed by atoms with E-state index in [0.717, 1.165) is 9.54 Å². The first-order valence-electron chi connectivity index (χ1n) is 11.8. The van der Waals surface area contributed by atoms with Crippen LogP contribution in [0.5, 0.6) is 0 Å². The van der Waals surface area contributed by atoms with Gasteiger partial charge in [-0.25, -0.2) is 21.5 Å². The molecule has 0 saturated heterocycles. The molecule has 5 aromatic rings. The Morgan fingerprint density at radius 2 is 1.79 bits per heavy atom. The molecule has 8 nitrogen and oxygen atoms in total. The zero-order valence-electron chi connectivity index (χ0n) is 20.5. The van der Waals surface area contributed by atoms with E-state index in [1.165, 1.54) is 24.5 Å². The van der Waals surface area contributed by atoms with Crippen LogP contribution in [0.15, 0.2) is 88.9 Å². The molecular weight excluding hydrogens is 573 g/mol. The van der Waals surface area contributed by atoms with Crippen molar-refractivity contribution in [1.29, 1.82) is 0 Å². The molecule has 3 heterocycles. The van der Waals surface area contributed by atoms with Crippen LogP contribution in [-0.4, -0.2) is 33.1 Å². The standard InChI is InChI=1S/C27H23BrFN5O3S/c1-3-24(18-12-26(28)33(16-18)38(36,37)21-10-4-17(2)5-11-21)32-27(35)23-13-30-15-25-22(23)14-31-34(25)20-8-6-19(29)7-9-20/h4-16,24H,3H2,1-2H3,(H,32,35)/t24-/m0/s1. The van der Waals surface area contributed by atoms with Crippen molar-refractivity contribution < 1.29 is 17.6 Å². The average Bonchev–Trinajstić information content (AvgIpc) is 3.52. The van der Waals surface area contributed by atoms with E-state index in [0.29, 0.717) is 38.7 Å². The van der Waals surface area contributed by atoms with Crippen molar-refractivity contribution in [1.82, 2.24) is 24.1 Å². The highest BCUT2D eigenvalue weighted by molar-refractivity contribution is 9.10. The van der Waals surface area contributed by atoms with Gasteiger partial charge in [-0.2, -0.15) is 5.10 Å². The molecule has 11 heteroatoms. The number of amides is 1. The predicted octanol–water partition coefficient (Wildman–Crippen LogP) is 5.55. The lowest BCUT2D eigenvalue weighted by Gasteiger charge is -2.16. The van der Waals surface area contributed by atoms with Crippen LogP contribution in [0.3, 0.4) is 0 Å². The molecule has 5 rings (SSSR count). The summed E-state index contributed by atoms with van der Waals surface area (Å²) in [6, 6.07) is 13.7. The molecular formula is C27H23BrFN5O3S. The number of aryl methyl sites for hydroxylation is 1. The number of benzene rings is 2. The molecule has 1 atom stereocenters. The van der Waals surface area contributed by atoms with Gasteiger partial charge in [0, 0.05) is 17.8 Å². The Labute approximate surface area is 227 Å². The minimum Gasteiger partial charge on any atom is -0.345 e. The topological polar surface area (TPSA) is 98.9 Å². The van der Waals surface area contributed by atoms with Crippen LogP contribution in [0.25, 0.3) is 16.6 Å². The lowest BCUT2D eigenvalue weighted by molar-refractivity contribution is 0.0937. The number of hydrogen-bond donors (Lipinski definition) is 1. The maximum atomic E-state index is 13.4. The summed E-state index contributed by atoms with van der Waals surface area (Å²) in [4.78, 5) is 17.7. The largest absolute Gasteiger partial charge is 0.345 e. The predicted molar refractivity (Wildman–Crippen MR) is 145 cm³/mol. The van der Waals surface area contributed by atoms with E-state index in [-0.39, 0.29) is 16.6 Å². The van der Waals surface area contributed by atoms with E-state index in [2.05, 4.69) is 31.3 Å². The third-order valence-corrected chi connectivity index (χ3v) is 8.80. The zero-order chi connectivity index (χ0) is 27.0. The number of nitrogens with zero attached hydrogens (tertiary/aromatic N) is 4. The summed E-state index contributed by atoms with van der Waals surface area (Å²) in [5.74, 6) is -0.736. The molecule has 0 unspecified atom stereocenters. The number of carbonyl (C=O) groups excluding carboxylic acids is 1. The van der Waals surface area contributed by atoms with Gasteiger partial charge in [0.1, 0.15) is 10.4 Å². The summed E-state index contributed by atoms with van der Waals surface area (Å²) in [7, 11) is -3.83. The van der Waals surface area contributed by atoms with E-state index >= 15 is 0 Å². The summed E-state index contributed by atoms with van der Waals surface area (Å²) in [5.41, 5.74) is 3.13. The van der Waals surface area contributed by atoms with Crippen LogP contribution < -0.4 is 5.32 Å². The first kappa shape index (κ1) is 25.8. The van der Waals surface area contributed by atoms with Gasteiger partial charge in [0.25, 0.3) is 15.9 Å². The Morgan fingerprint density at radius 3 is 2.47 bits per heavy atom. The minimum atomic E-state index is -3.83. The first-order valence-corrected chi connectivity index (χ1v) is 14.0. The number of hydrogen-bond acceptors (Lipinski definition) is 5. The fraction of sp³-hybridized carbons (Fsp3) is 0.148. The van der Waals surface area contributed by atoms with E-state index in [9.17, 15) is 17.6 Å². The fourth-order valence-corrected chi connectivity index (χ4v) is 6.39. The van der Waals surface area contributed by atoms with Gasteiger partial charge >= 0.3 is 0 Å². The van der Waals surface area contributed by atoms with Crippen LogP contribution in [0, 0.1) is 12.7 Å². The molecule has 0 fully saturated rings. The van der Waals surface area contributed by atoms with Gasteiger partial charge in [0.2, 0.25) is 0 Å². The second-order valence-electron chi connectivity index (χ2n) is 8.80. The van der Waals surface area contributed by atoms with Gasteiger partial charge < -0.3 is 5.32 Å². The molecule has 2 aromatic carbocycles. The highest BCUT2D eigenvalue weighted by Gasteiger charge is 2.24. The molecule has 0 spiro atoms. The Balaban J connectivity index is 1.43. The van der Waals surface area contributed by atoms with E-state index in [1.807, 2.05) is 13.8 Å². The number of pyridine rings is 1. The quantitative estimate of drug-likeness (QED) is 0.266. The van der Waals surface area contributed by atoms with Crippen LogP contribution in [0.1, 0.15) is 40.9 Å². The molecule has 0 bridgehead atoms. The van der Waals surface area contributed by atoms with Crippen molar-refractivity contribution in [2.75, 3.05) is 0 Å². The Bertz CT molecular complexity index is 1750. The summed E-state index contributed by atoms with van der Waals surface area (Å²) < 4.78 is 42.9. The number of aromatic nitrogens is 4. The van der Waals surface area contributed by atoms with Gasteiger partial charge in [-0.15, -0.1) is 0 Å². The summed E-state index contributed by atoms with van der Waals surface area (Å²) >= 11 is 3.36. The molecule has 0 saturated carbocycles. The van der Waals surface area contributed by atoms with Crippen molar-refractivity contribution in [2.45, 2.75) is 31.2 Å². The molecule has 0 aliphatic heterocycles. The molecule has 0 aliphatic rings. The van der Waals surface area contributed by atoms with Crippen LogP contribution in [0.4, 0.5) is 4.39 Å². The van der Waals surface area contributed by atoms with Crippen molar-refractivity contribution >= 4 is 42.8 Å². The average molecular weight is 596 g/mol. The van der Waals surface area contributed by atoms with E-state index < -0.39 is 16.1 Å². The van der Waals surface area contributed by atoms with Crippen LogP contribution in [0.2, 0.25) is 0 Å². The van der Waals surface area contributed by atoms with Crippen LogP contribution >= 0.6 is 15.9 Å². The van der Waals surface area contributed by atoms with Gasteiger partial charge in [0.05, 0.1) is 40.1 Å². The van der Waals surface area contributed by atoms with E-state index in [4.69, 9.17) is 0 Å². The second kappa shape index (κ2) is 10.1. The van der Waals surface area contributed by atoms with Gasteiger partial charge in [0.15, 0.2) is 0 Å². The summed E-state index contributed by atoms with van der Waals surface area (Å²) in [6.45, 7) is 3.79. The second-order valence-corrected chi connectivity index (χ2v) is 11.4. The van der Waals surface area contributed by atoms with Crippen molar-refractivity contribution in [2.24, 2.45) is 0 Å². The normalized spacial score (nSPS) is 12.5. The fourth-order valence-electron chi connectivity index (χ4n) is 4.20. The Kier molecular flexibility index (Phi) is 6.89. The van der Waals surface area contributed by atoms with Crippen molar-refractivity contribution in [3.8, 4) is 5.69 Å². The smallest absolute Gasteiger partial charge is 0.268 e. The lowest BCUT2D eigenvalue weighted by atomic mass is 10.1. The minimum absolute atomic E-state index is 0.166. The van der Waals surface area contributed by atoms with Gasteiger partial charge in [-0.3, -0.25) is 9.78 Å². The molecule has 3 aromatic heterocycles. The number of rotatable bonds is 7. The molecule has 1 N–H and O–H groups in total. The highest BCUT2D eigenvalue weighted by atomic mass is 79.9. The maximum Gasteiger partial charge on any atom is 0.268 e. The van der Waals surface area contributed by atoms with Crippen molar-refractivity contribution in [3.05, 3.63) is 106 Å². The molecule has 194 valence electrons. The Morgan fingerprint density at radius 1 is 1.08 bits per heavy atom. The van der Waals surface area contributed by atoms with Crippen LogP contribution in [-0.2, 0) is 10.0 Å². The summed E-state index contributed by atoms with van der Waals surface area (Å²) in [6.07, 6.45) is 6.65. The molecule has 38 heavy (non-hydrogen) atoms. The molecule has 1 amide bonds. The Hall–Kier alpha value is -3.83. The third-order valence-electron chi connectivity index (χ3n) is 6.27. The molecule has 0 aliphatic carbocycles. The SMILES string of the molecule is CC[C@H](NC(=O)c1cncc2c1cnn2-c1ccc(F)cc1)c1cc(Br)n(S(=O)(=O)c2ccc(C)cc2)c1.